The Morgan fingerprint density at radius 1 is 1.13 bits per heavy atom. The number of anilines is 1. The molecule has 0 aliphatic carbocycles. The molecule has 2 aromatic carbocycles. The van der Waals surface area contributed by atoms with Crippen molar-refractivity contribution in [1.29, 1.82) is 0 Å². The van der Waals surface area contributed by atoms with Crippen molar-refractivity contribution in [2.45, 2.75) is 6.54 Å². The SMILES string of the molecule is COc1ccc(-c2noc(CN(C)C(=O)CN(c3ccc(F)cc3)S(C)(=O)=O)n2)cc1. The molecule has 0 fully saturated rings. The first-order chi connectivity index (χ1) is 14.7. The fourth-order valence-corrected chi connectivity index (χ4v) is 3.57. The van der Waals surface area contributed by atoms with Crippen molar-refractivity contribution in [2.24, 2.45) is 0 Å². The van der Waals surface area contributed by atoms with Crippen molar-refractivity contribution in [1.82, 2.24) is 15.0 Å². The van der Waals surface area contributed by atoms with Crippen LogP contribution in [0.2, 0.25) is 0 Å². The predicted molar refractivity (Wildman–Crippen MR) is 111 cm³/mol. The summed E-state index contributed by atoms with van der Waals surface area (Å²) >= 11 is 0. The number of nitrogens with zero attached hydrogens (tertiary/aromatic N) is 4. The van der Waals surface area contributed by atoms with Gasteiger partial charge in [-0.15, -0.1) is 0 Å². The largest absolute Gasteiger partial charge is 0.497 e. The number of ether oxygens (including phenoxy) is 1. The molecule has 3 rings (SSSR count). The van der Waals surface area contributed by atoms with Gasteiger partial charge in [-0.25, -0.2) is 12.8 Å². The zero-order valence-corrected chi connectivity index (χ0v) is 18.0. The van der Waals surface area contributed by atoms with Gasteiger partial charge in [-0.3, -0.25) is 9.10 Å². The van der Waals surface area contributed by atoms with Crippen LogP contribution in [0.15, 0.2) is 53.1 Å². The van der Waals surface area contributed by atoms with Gasteiger partial charge < -0.3 is 14.2 Å². The van der Waals surface area contributed by atoms with Crippen LogP contribution in [0.5, 0.6) is 5.75 Å². The maximum Gasteiger partial charge on any atom is 0.246 e. The highest BCUT2D eigenvalue weighted by Crippen LogP contribution is 2.21. The molecule has 3 aromatic rings. The molecule has 0 radical (unpaired) electrons. The van der Waals surface area contributed by atoms with E-state index in [1.807, 2.05) is 0 Å². The predicted octanol–water partition coefficient (Wildman–Crippen LogP) is 2.31. The standard InChI is InChI=1S/C20H21FN4O5S/c1-24(12-18-22-20(23-30-18)14-4-10-17(29-2)11-5-14)19(26)13-25(31(3,27)28)16-8-6-15(21)7-9-16/h4-11H,12-13H2,1-3H3. The molecular weight excluding hydrogens is 427 g/mol. The third kappa shape index (κ3) is 5.57. The lowest BCUT2D eigenvalue weighted by atomic mass is 10.2. The van der Waals surface area contributed by atoms with Crippen LogP contribution >= 0.6 is 0 Å². The number of rotatable bonds is 8. The van der Waals surface area contributed by atoms with Gasteiger partial charge in [0.15, 0.2) is 0 Å². The molecule has 1 aromatic heterocycles. The molecule has 0 spiro atoms. The number of aromatic nitrogens is 2. The molecule has 0 N–H and O–H groups in total. The summed E-state index contributed by atoms with van der Waals surface area (Å²) in [6.07, 6.45) is 0.975. The first-order valence-electron chi connectivity index (χ1n) is 9.11. The van der Waals surface area contributed by atoms with E-state index in [9.17, 15) is 17.6 Å². The average molecular weight is 448 g/mol. The van der Waals surface area contributed by atoms with Gasteiger partial charge in [-0.05, 0) is 48.5 Å². The first-order valence-corrected chi connectivity index (χ1v) is 11.0. The number of sulfonamides is 1. The Bertz CT molecular complexity index is 1150. The van der Waals surface area contributed by atoms with Crippen molar-refractivity contribution in [3.8, 4) is 17.1 Å². The third-order valence-electron chi connectivity index (χ3n) is 4.41. The molecule has 0 aliphatic heterocycles. The van der Waals surface area contributed by atoms with Gasteiger partial charge in [-0.1, -0.05) is 5.16 Å². The number of carbonyl (C=O) groups excluding carboxylic acids is 1. The van der Waals surface area contributed by atoms with E-state index in [-0.39, 0.29) is 18.1 Å². The van der Waals surface area contributed by atoms with Gasteiger partial charge in [-0.2, -0.15) is 4.98 Å². The molecule has 0 atom stereocenters. The summed E-state index contributed by atoms with van der Waals surface area (Å²) in [5, 5.41) is 3.90. The lowest BCUT2D eigenvalue weighted by Crippen LogP contribution is -2.41. The smallest absolute Gasteiger partial charge is 0.246 e. The van der Waals surface area contributed by atoms with Gasteiger partial charge in [0.1, 0.15) is 18.1 Å². The van der Waals surface area contributed by atoms with Crippen LogP contribution in [-0.2, 0) is 21.4 Å². The molecule has 0 unspecified atom stereocenters. The molecule has 164 valence electrons. The van der Waals surface area contributed by atoms with Crippen LogP contribution in [-0.4, -0.2) is 56.3 Å². The van der Waals surface area contributed by atoms with Crippen LogP contribution in [0.1, 0.15) is 5.89 Å². The number of hydrogen-bond acceptors (Lipinski definition) is 7. The van der Waals surface area contributed by atoms with Crippen LogP contribution in [0, 0.1) is 5.82 Å². The van der Waals surface area contributed by atoms with E-state index in [1.54, 1.807) is 31.4 Å². The molecule has 11 heteroatoms. The van der Waals surface area contributed by atoms with Gasteiger partial charge in [0.25, 0.3) is 0 Å². The van der Waals surface area contributed by atoms with Gasteiger partial charge >= 0.3 is 0 Å². The van der Waals surface area contributed by atoms with Gasteiger partial charge in [0, 0.05) is 12.6 Å². The molecule has 0 saturated heterocycles. The molecular formula is C20H21FN4O5S. The fraction of sp³-hybridized carbons (Fsp3) is 0.250. The Balaban J connectivity index is 1.69. The molecule has 31 heavy (non-hydrogen) atoms. The van der Waals surface area contributed by atoms with E-state index >= 15 is 0 Å². The second-order valence-electron chi connectivity index (χ2n) is 6.74. The Morgan fingerprint density at radius 3 is 2.35 bits per heavy atom. The Morgan fingerprint density at radius 2 is 1.77 bits per heavy atom. The van der Waals surface area contributed by atoms with Crippen molar-refractivity contribution >= 4 is 21.6 Å². The maximum atomic E-state index is 13.2. The normalized spacial score (nSPS) is 11.2. The van der Waals surface area contributed by atoms with Gasteiger partial charge in [0.05, 0.1) is 25.6 Å². The topological polar surface area (TPSA) is 106 Å². The second-order valence-corrected chi connectivity index (χ2v) is 8.64. The summed E-state index contributed by atoms with van der Waals surface area (Å²) in [5.41, 5.74) is 0.898. The highest BCUT2D eigenvalue weighted by molar-refractivity contribution is 7.92. The summed E-state index contributed by atoms with van der Waals surface area (Å²) < 4.78 is 48.7. The minimum atomic E-state index is -3.77. The third-order valence-corrected chi connectivity index (χ3v) is 5.55. The minimum Gasteiger partial charge on any atom is -0.497 e. The Hall–Kier alpha value is -3.47. The van der Waals surface area contributed by atoms with E-state index in [4.69, 9.17) is 9.26 Å². The summed E-state index contributed by atoms with van der Waals surface area (Å²) in [7, 11) is -0.713. The fourth-order valence-electron chi connectivity index (χ4n) is 2.72. The zero-order valence-electron chi connectivity index (χ0n) is 17.1. The average Bonchev–Trinajstić information content (AvgIpc) is 3.20. The molecule has 1 amide bonds. The van der Waals surface area contributed by atoms with E-state index in [0.29, 0.717) is 17.1 Å². The minimum absolute atomic E-state index is 0.0109. The van der Waals surface area contributed by atoms with Crippen LogP contribution in [0.4, 0.5) is 10.1 Å². The number of amides is 1. The lowest BCUT2D eigenvalue weighted by molar-refractivity contribution is -0.129. The highest BCUT2D eigenvalue weighted by atomic mass is 32.2. The summed E-state index contributed by atoms with van der Waals surface area (Å²) in [4.78, 5) is 18.2. The first kappa shape index (κ1) is 22.2. The second kappa shape index (κ2) is 9.13. The van der Waals surface area contributed by atoms with Crippen molar-refractivity contribution < 1.29 is 26.9 Å². The van der Waals surface area contributed by atoms with Crippen LogP contribution in [0.3, 0.4) is 0 Å². The number of halogens is 1. The van der Waals surface area contributed by atoms with Crippen LogP contribution in [0.25, 0.3) is 11.4 Å². The van der Waals surface area contributed by atoms with Crippen molar-refractivity contribution in [3.63, 3.8) is 0 Å². The maximum absolute atomic E-state index is 13.2. The van der Waals surface area contributed by atoms with E-state index < -0.39 is 28.3 Å². The zero-order chi connectivity index (χ0) is 22.6. The van der Waals surface area contributed by atoms with Crippen molar-refractivity contribution in [2.75, 3.05) is 31.3 Å². The molecule has 0 saturated carbocycles. The number of benzene rings is 2. The van der Waals surface area contributed by atoms with Crippen LogP contribution < -0.4 is 9.04 Å². The molecule has 0 aliphatic rings. The summed E-state index contributed by atoms with van der Waals surface area (Å²) in [6, 6.07) is 11.9. The lowest BCUT2D eigenvalue weighted by Gasteiger charge is -2.24. The number of hydrogen-bond donors (Lipinski definition) is 0. The Kier molecular flexibility index (Phi) is 6.54. The van der Waals surface area contributed by atoms with Crippen molar-refractivity contribution in [3.05, 3.63) is 60.2 Å². The quantitative estimate of drug-likeness (QED) is 0.521. The number of likely N-dealkylation sites (N-methyl/N-ethyl adjacent to an activating group) is 1. The summed E-state index contributed by atoms with van der Waals surface area (Å²) in [6.45, 7) is -0.469. The molecule has 9 nitrogen and oxygen atoms in total. The number of methoxy groups -OCH3 is 1. The van der Waals surface area contributed by atoms with E-state index in [2.05, 4.69) is 10.1 Å². The Labute approximate surface area is 179 Å². The number of carbonyl (C=O) groups is 1. The van der Waals surface area contributed by atoms with Gasteiger partial charge in [0.2, 0.25) is 27.6 Å². The highest BCUT2D eigenvalue weighted by Gasteiger charge is 2.24. The monoisotopic (exact) mass is 448 g/mol. The molecule has 1 heterocycles. The molecule has 0 bridgehead atoms. The van der Waals surface area contributed by atoms with E-state index in [1.165, 1.54) is 24.1 Å². The van der Waals surface area contributed by atoms with E-state index in [0.717, 1.165) is 22.7 Å². The summed E-state index contributed by atoms with van der Waals surface area (Å²) in [5.74, 6) is 0.218.